The van der Waals surface area contributed by atoms with Crippen molar-refractivity contribution in [2.45, 2.75) is 63.0 Å². The highest BCUT2D eigenvalue weighted by Gasteiger charge is 2.41. The van der Waals surface area contributed by atoms with Gasteiger partial charge in [0.1, 0.15) is 11.6 Å². The second kappa shape index (κ2) is 10.3. The summed E-state index contributed by atoms with van der Waals surface area (Å²) in [7, 11) is 0. The SMILES string of the molecule is O=C(NCC(c1ccc[nH]1)C(F)(F)F)c1csc(C2CCN(C(=O)C3CCCCC3)CC2)n1. The highest BCUT2D eigenvalue weighted by atomic mass is 32.1. The largest absolute Gasteiger partial charge is 0.398 e. The lowest BCUT2D eigenvalue weighted by atomic mass is 9.87. The van der Waals surface area contributed by atoms with Crippen molar-refractivity contribution in [3.05, 3.63) is 40.1 Å². The van der Waals surface area contributed by atoms with E-state index >= 15 is 0 Å². The number of carbonyl (C=O) groups is 2. The van der Waals surface area contributed by atoms with Crippen molar-refractivity contribution in [3.8, 4) is 0 Å². The lowest BCUT2D eigenvalue weighted by molar-refractivity contribution is -0.149. The number of likely N-dealkylation sites (tertiary alicyclic amines) is 1. The first-order valence-electron chi connectivity index (χ1n) is 11.6. The van der Waals surface area contributed by atoms with Crippen LogP contribution < -0.4 is 5.32 Å². The van der Waals surface area contributed by atoms with Crippen LogP contribution in [0, 0.1) is 5.92 Å². The van der Waals surface area contributed by atoms with E-state index in [1.54, 1.807) is 5.38 Å². The van der Waals surface area contributed by atoms with Gasteiger partial charge in [-0.25, -0.2) is 4.98 Å². The Bertz CT molecular complexity index is 930. The van der Waals surface area contributed by atoms with Crippen LogP contribution >= 0.6 is 11.3 Å². The summed E-state index contributed by atoms with van der Waals surface area (Å²) in [5.74, 6) is -1.82. The number of nitrogens with one attached hydrogen (secondary N) is 2. The minimum atomic E-state index is -4.48. The maximum Gasteiger partial charge on any atom is 0.398 e. The van der Waals surface area contributed by atoms with Crippen molar-refractivity contribution in [3.63, 3.8) is 0 Å². The lowest BCUT2D eigenvalue weighted by Crippen LogP contribution is -2.41. The first kappa shape index (κ1) is 23.8. The molecular weight excluding hydrogens is 453 g/mol. The minimum absolute atomic E-state index is 0.0105. The fourth-order valence-corrected chi connectivity index (χ4v) is 5.75. The van der Waals surface area contributed by atoms with Gasteiger partial charge in [0.15, 0.2) is 0 Å². The number of alkyl halides is 3. The summed E-state index contributed by atoms with van der Waals surface area (Å²) >= 11 is 1.36. The average Bonchev–Trinajstić information content (AvgIpc) is 3.51. The van der Waals surface area contributed by atoms with Crippen LogP contribution in [-0.4, -0.2) is 52.5 Å². The molecule has 4 rings (SSSR count). The molecule has 0 aromatic carbocycles. The number of halogens is 3. The third-order valence-corrected chi connectivity index (χ3v) is 7.73. The minimum Gasteiger partial charge on any atom is -0.364 e. The number of thiazole rings is 1. The van der Waals surface area contributed by atoms with Crippen LogP contribution in [0.25, 0.3) is 0 Å². The predicted octanol–water partition coefficient (Wildman–Crippen LogP) is 4.83. The Labute approximate surface area is 195 Å². The van der Waals surface area contributed by atoms with Gasteiger partial charge in [-0.05, 0) is 37.8 Å². The van der Waals surface area contributed by atoms with Crippen LogP contribution in [0.2, 0.25) is 0 Å². The van der Waals surface area contributed by atoms with Crippen molar-refractivity contribution < 1.29 is 22.8 Å². The van der Waals surface area contributed by atoms with Crippen molar-refractivity contribution in [2.24, 2.45) is 5.92 Å². The zero-order chi connectivity index (χ0) is 23.4. The zero-order valence-electron chi connectivity index (χ0n) is 18.4. The Kier molecular flexibility index (Phi) is 7.41. The van der Waals surface area contributed by atoms with Gasteiger partial charge >= 0.3 is 6.18 Å². The van der Waals surface area contributed by atoms with Crippen LogP contribution in [0.5, 0.6) is 0 Å². The van der Waals surface area contributed by atoms with E-state index in [0.717, 1.165) is 43.5 Å². The van der Waals surface area contributed by atoms with Crippen LogP contribution in [0.15, 0.2) is 23.7 Å². The molecule has 2 fully saturated rings. The summed E-state index contributed by atoms with van der Waals surface area (Å²) in [5, 5.41) is 4.79. The molecule has 0 radical (unpaired) electrons. The van der Waals surface area contributed by atoms with E-state index in [4.69, 9.17) is 0 Å². The van der Waals surface area contributed by atoms with Crippen LogP contribution in [0.1, 0.15) is 78.0 Å². The van der Waals surface area contributed by atoms with Crippen molar-refractivity contribution >= 4 is 23.2 Å². The maximum absolute atomic E-state index is 13.4. The van der Waals surface area contributed by atoms with Gasteiger partial charge < -0.3 is 15.2 Å². The molecule has 2 aromatic heterocycles. The van der Waals surface area contributed by atoms with E-state index in [1.165, 1.54) is 36.1 Å². The quantitative estimate of drug-likeness (QED) is 0.619. The molecule has 0 spiro atoms. The highest BCUT2D eigenvalue weighted by molar-refractivity contribution is 7.09. The molecule has 0 bridgehead atoms. The van der Waals surface area contributed by atoms with Crippen molar-refractivity contribution in [1.29, 1.82) is 0 Å². The summed E-state index contributed by atoms with van der Waals surface area (Å²) in [6.45, 7) is 0.812. The van der Waals surface area contributed by atoms with Gasteiger partial charge in [0.2, 0.25) is 5.91 Å². The second-order valence-corrected chi connectivity index (χ2v) is 9.82. The molecule has 1 unspecified atom stereocenters. The summed E-state index contributed by atoms with van der Waals surface area (Å²) in [6, 6.07) is 2.85. The zero-order valence-corrected chi connectivity index (χ0v) is 19.2. The number of H-pyrrole nitrogens is 1. The van der Waals surface area contributed by atoms with E-state index in [9.17, 15) is 22.8 Å². The molecule has 1 saturated carbocycles. The maximum atomic E-state index is 13.4. The Morgan fingerprint density at radius 2 is 1.91 bits per heavy atom. The summed E-state index contributed by atoms with van der Waals surface area (Å²) < 4.78 is 40.1. The summed E-state index contributed by atoms with van der Waals surface area (Å²) in [4.78, 5) is 34.2. The topological polar surface area (TPSA) is 78.1 Å². The van der Waals surface area contributed by atoms with Gasteiger partial charge in [-0.3, -0.25) is 9.59 Å². The van der Waals surface area contributed by atoms with Gasteiger partial charge in [-0.2, -0.15) is 13.2 Å². The van der Waals surface area contributed by atoms with Crippen molar-refractivity contribution in [1.82, 2.24) is 20.2 Å². The Balaban J connectivity index is 1.30. The van der Waals surface area contributed by atoms with Crippen LogP contribution in [0.4, 0.5) is 13.2 Å². The number of amides is 2. The third kappa shape index (κ3) is 5.77. The molecule has 3 heterocycles. The van der Waals surface area contributed by atoms with E-state index in [0.29, 0.717) is 13.1 Å². The van der Waals surface area contributed by atoms with E-state index in [1.807, 2.05) is 4.90 Å². The second-order valence-electron chi connectivity index (χ2n) is 8.94. The van der Waals surface area contributed by atoms with E-state index < -0.39 is 24.5 Å². The van der Waals surface area contributed by atoms with Gasteiger partial charge in [0.25, 0.3) is 5.91 Å². The number of hydrogen-bond acceptors (Lipinski definition) is 4. The lowest BCUT2D eigenvalue weighted by Gasteiger charge is -2.34. The fourth-order valence-electron chi connectivity index (χ4n) is 4.78. The molecule has 2 N–H and O–H groups in total. The van der Waals surface area contributed by atoms with Crippen molar-refractivity contribution in [2.75, 3.05) is 19.6 Å². The predicted molar refractivity (Wildman–Crippen MR) is 119 cm³/mol. The summed E-state index contributed by atoms with van der Waals surface area (Å²) in [5.41, 5.74) is 0.152. The van der Waals surface area contributed by atoms with Gasteiger partial charge in [0, 0.05) is 48.7 Å². The van der Waals surface area contributed by atoms with Gasteiger partial charge in [-0.1, -0.05) is 19.3 Å². The van der Waals surface area contributed by atoms with E-state index in [-0.39, 0.29) is 29.1 Å². The normalized spacial score (nSPS) is 19.4. The smallest absolute Gasteiger partial charge is 0.364 e. The fraction of sp³-hybridized carbons (Fsp3) is 0.609. The summed E-state index contributed by atoms with van der Waals surface area (Å²) in [6.07, 6.45) is 3.98. The molecule has 2 amide bonds. The third-order valence-electron chi connectivity index (χ3n) is 6.72. The molecular formula is C23H29F3N4O2S. The number of aromatic amines is 1. The number of rotatable bonds is 6. The first-order valence-corrected chi connectivity index (χ1v) is 12.4. The standard InChI is InChI=1S/C23H29F3N4O2S/c24-23(25,26)17(18-7-4-10-27-18)13-28-20(31)19-14-33-21(29-19)15-8-11-30(12-9-15)22(32)16-5-2-1-3-6-16/h4,7,10,14-17,27H,1-3,5-6,8-9,11-13H2,(H,28,31). The van der Waals surface area contributed by atoms with E-state index in [2.05, 4.69) is 15.3 Å². The number of aromatic nitrogens is 2. The number of piperidine rings is 1. The Morgan fingerprint density at radius 1 is 1.18 bits per heavy atom. The van der Waals surface area contributed by atoms with Gasteiger partial charge in [0.05, 0.1) is 5.01 Å². The molecule has 1 aliphatic carbocycles. The molecule has 33 heavy (non-hydrogen) atoms. The molecule has 1 atom stereocenters. The molecule has 1 saturated heterocycles. The molecule has 10 heteroatoms. The average molecular weight is 483 g/mol. The monoisotopic (exact) mass is 482 g/mol. The Hall–Kier alpha value is -2.36. The number of hydrogen-bond donors (Lipinski definition) is 2. The van der Waals surface area contributed by atoms with Crippen LogP contribution in [-0.2, 0) is 4.79 Å². The number of nitrogens with zero attached hydrogens (tertiary/aromatic N) is 2. The highest BCUT2D eigenvalue weighted by Crippen LogP contribution is 2.34. The molecule has 6 nitrogen and oxygen atoms in total. The first-order chi connectivity index (χ1) is 15.8. The molecule has 2 aliphatic rings. The number of carbonyl (C=O) groups excluding carboxylic acids is 2. The molecule has 180 valence electrons. The van der Waals surface area contributed by atoms with Gasteiger partial charge in [-0.15, -0.1) is 11.3 Å². The molecule has 2 aromatic rings. The molecule has 1 aliphatic heterocycles. The Morgan fingerprint density at radius 3 is 2.55 bits per heavy atom. The van der Waals surface area contributed by atoms with Crippen LogP contribution in [0.3, 0.4) is 0 Å².